The van der Waals surface area contributed by atoms with E-state index in [-0.39, 0.29) is 6.17 Å². The zero-order valence-electron chi connectivity index (χ0n) is 7.19. The van der Waals surface area contributed by atoms with Gasteiger partial charge in [0.1, 0.15) is 6.17 Å². The first kappa shape index (κ1) is 8.40. The van der Waals surface area contributed by atoms with Crippen molar-refractivity contribution in [2.75, 3.05) is 7.05 Å². The normalized spacial score (nSPS) is 21.8. The van der Waals surface area contributed by atoms with Gasteiger partial charge >= 0.3 is 0 Å². The van der Waals surface area contributed by atoms with E-state index in [0.717, 1.165) is 5.56 Å². The molecule has 2 N–H and O–H groups in total. The maximum Gasteiger partial charge on any atom is 0.184 e. The van der Waals surface area contributed by atoms with Crippen molar-refractivity contribution in [3.05, 3.63) is 30.1 Å². The van der Waals surface area contributed by atoms with Crippen LogP contribution in [0.25, 0.3) is 0 Å². The van der Waals surface area contributed by atoms with Crippen LogP contribution in [0.15, 0.2) is 24.5 Å². The topological polar surface area (TPSA) is 40.2 Å². The second kappa shape index (κ2) is 3.27. The van der Waals surface area contributed by atoms with Gasteiger partial charge in [-0.05, 0) is 29.9 Å². The van der Waals surface area contributed by atoms with Gasteiger partial charge in [-0.3, -0.25) is 10.4 Å². The molecule has 1 saturated heterocycles. The number of pyridine rings is 1. The highest BCUT2D eigenvalue weighted by Crippen LogP contribution is 2.17. The van der Waals surface area contributed by atoms with E-state index in [0.29, 0.717) is 5.11 Å². The Balaban J connectivity index is 2.24. The molecule has 2 rings (SSSR count). The van der Waals surface area contributed by atoms with Crippen LogP contribution >= 0.6 is 12.2 Å². The number of aromatic nitrogens is 1. The molecule has 1 atom stereocenters. The minimum atomic E-state index is 0.107. The van der Waals surface area contributed by atoms with E-state index in [1.807, 2.05) is 24.1 Å². The Labute approximate surface area is 81.9 Å². The van der Waals surface area contributed by atoms with E-state index >= 15 is 0 Å². The highest BCUT2D eigenvalue weighted by Gasteiger charge is 2.24. The van der Waals surface area contributed by atoms with Crippen molar-refractivity contribution < 1.29 is 0 Å². The highest BCUT2D eigenvalue weighted by molar-refractivity contribution is 7.80. The van der Waals surface area contributed by atoms with Crippen molar-refractivity contribution in [1.82, 2.24) is 20.7 Å². The summed E-state index contributed by atoms with van der Waals surface area (Å²) in [6, 6.07) is 3.92. The van der Waals surface area contributed by atoms with E-state index in [4.69, 9.17) is 12.2 Å². The third-order valence-electron chi connectivity index (χ3n) is 2.05. The fraction of sp³-hybridized carbons (Fsp3) is 0.250. The molecule has 0 radical (unpaired) electrons. The summed E-state index contributed by atoms with van der Waals surface area (Å²) in [4.78, 5) is 5.92. The Morgan fingerprint density at radius 3 is 2.69 bits per heavy atom. The standard InChI is InChI=1S/C8H10N4S/c1-12-7(10-11-8(12)13)6-2-4-9-5-3-6/h2-5,7,10H,1H3,(H,11,13). The van der Waals surface area contributed by atoms with Crippen molar-refractivity contribution in [1.29, 1.82) is 0 Å². The van der Waals surface area contributed by atoms with Crippen molar-refractivity contribution >= 4 is 17.3 Å². The molecule has 4 nitrogen and oxygen atoms in total. The fourth-order valence-electron chi connectivity index (χ4n) is 1.29. The number of hydrogen-bond donors (Lipinski definition) is 2. The lowest BCUT2D eigenvalue weighted by Gasteiger charge is -2.18. The first-order chi connectivity index (χ1) is 6.29. The zero-order valence-corrected chi connectivity index (χ0v) is 8.01. The molecule has 68 valence electrons. The summed E-state index contributed by atoms with van der Waals surface area (Å²) in [5.41, 5.74) is 7.13. The van der Waals surface area contributed by atoms with Crippen LogP contribution in [0.4, 0.5) is 0 Å². The molecule has 0 saturated carbocycles. The molecule has 0 bridgehead atoms. The number of nitrogens with one attached hydrogen (secondary N) is 2. The van der Waals surface area contributed by atoms with Crippen molar-refractivity contribution in [3.8, 4) is 0 Å². The summed E-state index contributed by atoms with van der Waals surface area (Å²) >= 11 is 5.06. The molecular formula is C8H10N4S. The number of thiocarbonyl (C=S) groups is 1. The molecule has 2 heterocycles. The number of rotatable bonds is 1. The minimum absolute atomic E-state index is 0.107. The Kier molecular flexibility index (Phi) is 2.12. The molecule has 0 spiro atoms. The summed E-state index contributed by atoms with van der Waals surface area (Å²) in [6.45, 7) is 0. The summed E-state index contributed by atoms with van der Waals surface area (Å²) in [5, 5.41) is 0.710. The van der Waals surface area contributed by atoms with Crippen LogP contribution in [0.3, 0.4) is 0 Å². The molecule has 1 aliphatic heterocycles. The number of nitrogens with zero attached hydrogens (tertiary/aromatic N) is 2. The van der Waals surface area contributed by atoms with E-state index in [1.54, 1.807) is 12.4 Å². The Morgan fingerprint density at radius 1 is 1.46 bits per heavy atom. The lowest BCUT2D eigenvalue weighted by atomic mass is 10.2. The predicted octanol–water partition coefficient (Wildman–Crippen LogP) is 0.405. The van der Waals surface area contributed by atoms with Gasteiger partial charge < -0.3 is 4.90 Å². The first-order valence-electron chi connectivity index (χ1n) is 3.97. The van der Waals surface area contributed by atoms with Gasteiger partial charge in [-0.1, -0.05) is 0 Å². The molecule has 13 heavy (non-hydrogen) atoms. The zero-order chi connectivity index (χ0) is 9.26. The summed E-state index contributed by atoms with van der Waals surface area (Å²) in [7, 11) is 1.94. The highest BCUT2D eigenvalue weighted by atomic mass is 32.1. The lowest BCUT2D eigenvalue weighted by Crippen LogP contribution is -2.26. The van der Waals surface area contributed by atoms with Crippen LogP contribution < -0.4 is 10.9 Å². The Morgan fingerprint density at radius 2 is 2.15 bits per heavy atom. The van der Waals surface area contributed by atoms with Crippen molar-refractivity contribution in [2.24, 2.45) is 0 Å². The van der Waals surface area contributed by atoms with Crippen LogP contribution in [0.5, 0.6) is 0 Å². The lowest BCUT2D eigenvalue weighted by molar-refractivity contribution is 0.367. The van der Waals surface area contributed by atoms with E-state index < -0.39 is 0 Å². The molecule has 5 heteroatoms. The van der Waals surface area contributed by atoms with Crippen molar-refractivity contribution in [3.63, 3.8) is 0 Å². The van der Waals surface area contributed by atoms with Crippen molar-refractivity contribution in [2.45, 2.75) is 6.17 Å². The summed E-state index contributed by atoms with van der Waals surface area (Å²) in [6.07, 6.45) is 3.65. The summed E-state index contributed by atoms with van der Waals surface area (Å²) < 4.78 is 0. The molecule has 1 aromatic rings. The summed E-state index contributed by atoms with van der Waals surface area (Å²) in [5.74, 6) is 0. The maximum absolute atomic E-state index is 5.06. The smallest absolute Gasteiger partial charge is 0.184 e. The van der Waals surface area contributed by atoms with Gasteiger partial charge in [0.2, 0.25) is 0 Å². The van der Waals surface area contributed by atoms with Crippen LogP contribution in [-0.4, -0.2) is 22.0 Å². The van der Waals surface area contributed by atoms with E-state index in [9.17, 15) is 0 Å². The van der Waals surface area contributed by atoms with Gasteiger partial charge in [-0.15, -0.1) is 0 Å². The third kappa shape index (κ3) is 1.48. The van der Waals surface area contributed by atoms with Gasteiger partial charge in [0.05, 0.1) is 0 Å². The maximum atomic E-state index is 5.06. The Bertz CT molecular complexity index is 313. The van der Waals surface area contributed by atoms with Crippen LogP contribution in [-0.2, 0) is 0 Å². The largest absolute Gasteiger partial charge is 0.330 e. The van der Waals surface area contributed by atoms with Crippen LogP contribution in [0.1, 0.15) is 11.7 Å². The quantitative estimate of drug-likeness (QED) is 0.633. The average Bonchev–Trinajstić information content (AvgIpc) is 2.49. The Hall–Kier alpha value is -1.20. The van der Waals surface area contributed by atoms with E-state index in [1.165, 1.54) is 0 Å². The number of hydrogen-bond acceptors (Lipinski definition) is 3. The monoisotopic (exact) mass is 194 g/mol. The van der Waals surface area contributed by atoms with Gasteiger partial charge in [0.25, 0.3) is 0 Å². The number of hydrazine groups is 1. The fourth-order valence-corrected chi connectivity index (χ4v) is 1.45. The first-order valence-corrected chi connectivity index (χ1v) is 4.38. The molecule has 1 aliphatic rings. The predicted molar refractivity (Wildman–Crippen MR) is 53.6 cm³/mol. The van der Waals surface area contributed by atoms with Gasteiger partial charge in [-0.2, -0.15) is 0 Å². The second-order valence-corrected chi connectivity index (χ2v) is 3.26. The molecular weight excluding hydrogens is 184 g/mol. The molecule has 0 aromatic carbocycles. The van der Waals surface area contributed by atoms with Crippen LogP contribution in [0, 0.1) is 0 Å². The molecule has 1 unspecified atom stereocenters. The average molecular weight is 194 g/mol. The molecule has 0 amide bonds. The third-order valence-corrected chi connectivity index (χ3v) is 2.44. The van der Waals surface area contributed by atoms with Crippen LogP contribution in [0.2, 0.25) is 0 Å². The second-order valence-electron chi connectivity index (χ2n) is 2.87. The minimum Gasteiger partial charge on any atom is -0.330 e. The molecule has 1 fully saturated rings. The van der Waals surface area contributed by atoms with Gasteiger partial charge in [-0.25, -0.2) is 5.43 Å². The molecule has 1 aromatic heterocycles. The molecule has 0 aliphatic carbocycles. The van der Waals surface area contributed by atoms with E-state index in [2.05, 4.69) is 15.8 Å². The van der Waals surface area contributed by atoms with Gasteiger partial charge in [0, 0.05) is 19.4 Å². The van der Waals surface area contributed by atoms with Gasteiger partial charge in [0.15, 0.2) is 5.11 Å². The SMILES string of the molecule is CN1C(=S)NNC1c1ccncc1.